The summed E-state index contributed by atoms with van der Waals surface area (Å²) in [6, 6.07) is 13.3. The lowest BCUT2D eigenvalue weighted by molar-refractivity contribution is -0.117. The summed E-state index contributed by atoms with van der Waals surface area (Å²) < 4.78 is 16.7. The number of methoxy groups -OCH3 is 1. The highest BCUT2D eigenvalue weighted by molar-refractivity contribution is 7.17. The first-order valence-corrected chi connectivity index (χ1v) is 14.6. The van der Waals surface area contributed by atoms with Gasteiger partial charge in [0.15, 0.2) is 28.2 Å². The van der Waals surface area contributed by atoms with Gasteiger partial charge in [0.25, 0.3) is 5.91 Å². The number of aliphatic hydroxyl groups excluding tert-OH is 1. The number of amides is 1. The zero-order chi connectivity index (χ0) is 30.2. The minimum absolute atomic E-state index is 0.112. The van der Waals surface area contributed by atoms with Crippen LogP contribution in [0.3, 0.4) is 0 Å². The number of aryl methyl sites for hydroxylation is 1. The summed E-state index contributed by atoms with van der Waals surface area (Å²) in [6.07, 6.45) is 5.93. The Bertz CT molecular complexity index is 1510. The number of rotatable bonds is 13. The minimum Gasteiger partial charge on any atom is -0.503 e. The second-order valence-electron chi connectivity index (χ2n) is 9.55. The van der Waals surface area contributed by atoms with Crippen LogP contribution < -0.4 is 14.4 Å². The van der Waals surface area contributed by atoms with Crippen molar-refractivity contribution in [3.63, 3.8) is 0 Å². The Hall–Kier alpha value is -4.44. The zero-order valence-corrected chi connectivity index (χ0v) is 24.9. The fourth-order valence-corrected chi connectivity index (χ4v) is 5.59. The van der Waals surface area contributed by atoms with E-state index in [0.717, 1.165) is 36.2 Å². The number of carbonyl (C=O) groups is 3. The average molecular weight is 591 g/mol. The number of allylic oxidation sites excluding steroid dienone is 1. The predicted molar refractivity (Wildman–Crippen MR) is 161 cm³/mol. The smallest absolute Gasteiger partial charge is 0.350 e. The molecule has 0 bridgehead atoms. The number of unbranched alkanes of at least 4 members (excludes halogenated alkanes) is 2. The van der Waals surface area contributed by atoms with E-state index in [0.29, 0.717) is 36.0 Å². The number of nitrogens with zero attached hydrogens (tertiary/aromatic N) is 2. The summed E-state index contributed by atoms with van der Waals surface area (Å²) in [5.41, 5.74) is 1.53. The number of ether oxygens (including phenoxy) is 3. The van der Waals surface area contributed by atoms with Crippen molar-refractivity contribution in [3.8, 4) is 11.5 Å². The molecular formula is C32H34N2O7S. The van der Waals surface area contributed by atoms with Crippen molar-refractivity contribution in [2.75, 3.05) is 25.2 Å². The average Bonchev–Trinajstić information content (AvgIpc) is 3.51. The molecule has 2 aromatic carbocycles. The summed E-state index contributed by atoms with van der Waals surface area (Å²) in [4.78, 5) is 45.4. The Balaban J connectivity index is 1.80. The van der Waals surface area contributed by atoms with Crippen LogP contribution in [0.4, 0.5) is 5.13 Å². The molecule has 0 radical (unpaired) electrons. The van der Waals surface area contributed by atoms with Crippen LogP contribution in [0.2, 0.25) is 0 Å². The van der Waals surface area contributed by atoms with Gasteiger partial charge < -0.3 is 19.3 Å². The van der Waals surface area contributed by atoms with Crippen LogP contribution in [-0.4, -0.2) is 48.1 Å². The Labute approximate surface area is 249 Å². The van der Waals surface area contributed by atoms with E-state index >= 15 is 0 Å². The zero-order valence-electron chi connectivity index (χ0n) is 24.1. The first-order valence-electron chi connectivity index (χ1n) is 13.8. The molecule has 9 nitrogen and oxygen atoms in total. The largest absolute Gasteiger partial charge is 0.503 e. The van der Waals surface area contributed by atoms with Crippen molar-refractivity contribution in [2.24, 2.45) is 0 Å². The Morgan fingerprint density at radius 1 is 1.07 bits per heavy atom. The van der Waals surface area contributed by atoms with Gasteiger partial charge in [-0.1, -0.05) is 73.6 Å². The van der Waals surface area contributed by atoms with Crippen LogP contribution in [0.25, 0.3) is 6.08 Å². The molecule has 1 aliphatic rings. The van der Waals surface area contributed by atoms with Gasteiger partial charge in [-0.25, -0.2) is 9.78 Å². The number of benzene rings is 2. The summed E-state index contributed by atoms with van der Waals surface area (Å²) in [6.45, 7) is 6.47. The van der Waals surface area contributed by atoms with E-state index < -0.39 is 29.5 Å². The third-order valence-corrected chi connectivity index (χ3v) is 7.79. The van der Waals surface area contributed by atoms with E-state index in [1.54, 1.807) is 31.2 Å². The van der Waals surface area contributed by atoms with Crippen molar-refractivity contribution < 1.29 is 33.7 Å². The molecule has 1 N–H and O–H groups in total. The Kier molecular flexibility index (Phi) is 10.1. The molecule has 1 atom stereocenters. The molecule has 0 saturated heterocycles. The van der Waals surface area contributed by atoms with Gasteiger partial charge in [-0.2, -0.15) is 0 Å². The molecule has 4 rings (SSSR count). The number of aliphatic hydroxyl groups is 1. The Morgan fingerprint density at radius 2 is 1.83 bits per heavy atom. The lowest BCUT2D eigenvalue weighted by atomic mass is 9.95. The number of ketones is 1. The Morgan fingerprint density at radius 3 is 2.52 bits per heavy atom. The van der Waals surface area contributed by atoms with Gasteiger partial charge in [-0.15, -0.1) is 0 Å². The minimum atomic E-state index is -1.05. The number of carbonyl (C=O) groups excluding carboxylic acids is 3. The molecule has 0 aliphatic carbocycles. The molecule has 3 aromatic rings. The molecular weight excluding hydrogens is 556 g/mol. The fourth-order valence-electron chi connectivity index (χ4n) is 4.58. The number of anilines is 1. The monoisotopic (exact) mass is 590 g/mol. The number of aromatic nitrogens is 1. The van der Waals surface area contributed by atoms with E-state index in [4.69, 9.17) is 14.2 Å². The molecule has 1 amide bonds. The first kappa shape index (κ1) is 30.5. The van der Waals surface area contributed by atoms with Crippen molar-refractivity contribution in [2.45, 2.75) is 46.1 Å². The third-order valence-electron chi connectivity index (χ3n) is 6.65. The lowest BCUT2D eigenvalue weighted by Crippen LogP contribution is -2.31. The van der Waals surface area contributed by atoms with Crippen molar-refractivity contribution in [3.05, 3.63) is 87.6 Å². The first-order chi connectivity index (χ1) is 20.3. The van der Waals surface area contributed by atoms with E-state index in [-0.39, 0.29) is 15.6 Å². The van der Waals surface area contributed by atoms with Crippen LogP contribution in [0.15, 0.2) is 65.9 Å². The quantitative estimate of drug-likeness (QED) is 0.138. The molecule has 2 heterocycles. The van der Waals surface area contributed by atoms with Gasteiger partial charge in [0.2, 0.25) is 0 Å². The van der Waals surface area contributed by atoms with Gasteiger partial charge in [0.05, 0.1) is 37.6 Å². The SMILES string of the molecule is CCCCCOc1ccc(C2C(C(=O)/C=C/c3ccccc3)=C(O)C(=O)N2c2nc(C)c(C(=O)OC)s2)cc1OCC. The van der Waals surface area contributed by atoms with Gasteiger partial charge >= 0.3 is 5.97 Å². The standard InChI is InChI=1S/C32H34N2O7S/c1-5-7-11-18-41-24-17-15-22(19-25(24)40-6-2)27-26(23(35)16-14-21-12-9-8-10-13-21)28(36)30(37)34(27)32-33-20(3)29(42-32)31(38)39-4/h8-10,12-17,19,27,36H,5-7,11,18H2,1-4H3/b16-14+. The molecule has 0 saturated carbocycles. The number of esters is 1. The maximum absolute atomic E-state index is 13.6. The van der Waals surface area contributed by atoms with E-state index in [9.17, 15) is 19.5 Å². The molecule has 1 unspecified atom stereocenters. The van der Waals surface area contributed by atoms with Crippen molar-refractivity contribution in [1.82, 2.24) is 4.98 Å². The molecule has 0 fully saturated rings. The molecule has 0 spiro atoms. The summed E-state index contributed by atoms with van der Waals surface area (Å²) in [5.74, 6) is -1.65. The van der Waals surface area contributed by atoms with Gasteiger partial charge in [-0.3, -0.25) is 14.5 Å². The predicted octanol–water partition coefficient (Wildman–Crippen LogP) is 6.39. The summed E-state index contributed by atoms with van der Waals surface area (Å²) >= 11 is 0.947. The van der Waals surface area contributed by atoms with E-state index in [2.05, 4.69) is 11.9 Å². The maximum atomic E-state index is 13.6. The van der Waals surface area contributed by atoms with Gasteiger partial charge in [0, 0.05) is 0 Å². The van der Waals surface area contributed by atoms with Crippen molar-refractivity contribution >= 4 is 40.2 Å². The summed E-state index contributed by atoms with van der Waals surface area (Å²) in [7, 11) is 1.26. The highest BCUT2D eigenvalue weighted by atomic mass is 32.1. The van der Waals surface area contributed by atoms with Crippen molar-refractivity contribution in [1.29, 1.82) is 0 Å². The highest BCUT2D eigenvalue weighted by Gasteiger charge is 2.45. The number of thiazole rings is 1. The van der Waals surface area contributed by atoms with Crippen LogP contribution in [-0.2, 0) is 14.3 Å². The van der Waals surface area contributed by atoms with E-state index in [1.807, 2.05) is 37.3 Å². The van der Waals surface area contributed by atoms with Crippen LogP contribution in [0.1, 0.15) is 65.6 Å². The van der Waals surface area contributed by atoms with Crippen LogP contribution in [0, 0.1) is 6.92 Å². The number of hydrogen-bond acceptors (Lipinski definition) is 9. The maximum Gasteiger partial charge on any atom is 0.350 e. The second-order valence-corrected chi connectivity index (χ2v) is 10.5. The topological polar surface area (TPSA) is 115 Å². The second kappa shape index (κ2) is 14.0. The number of hydrogen-bond donors (Lipinski definition) is 1. The molecule has 1 aromatic heterocycles. The van der Waals surface area contributed by atoms with E-state index in [1.165, 1.54) is 18.1 Å². The van der Waals surface area contributed by atoms with Crippen LogP contribution >= 0.6 is 11.3 Å². The molecule has 10 heteroatoms. The van der Waals surface area contributed by atoms with Gasteiger partial charge in [0.1, 0.15) is 4.88 Å². The van der Waals surface area contributed by atoms with Gasteiger partial charge in [-0.05, 0) is 49.6 Å². The molecule has 1 aliphatic heterocycles. The fraction of sp³-hybridized carbons (Fsp3) is 0.312. The highest BCUT2D eigenvalue weighted by Crippen LogP contribution is 2.45. The van der Waals surface area contributed by atoms with Crippen LogP contribution in [0.5, 0.6) is 11.5 Å². The molecule has 220 valence electrons. The lowest BCUT2D eigenvalue weighted by Gasteiger charge is -2.25. The normalized spacial score (nSPS) is 15.0. The summed E-state index contributed by atoms with van der Waals surface area (Å²) in [5, 5.41) is 11.2. The molecule has 42 heavy (non-hydrogen) atoms. The third kappa shape index (κ3) is 6.54.